The van der Waals surface area contributed by atoms with Crippen LogP contribution in [0.4, 0.5) is 0 Å². The lowest BCUT2D eigenvalue weighted by Gasteiger charge is -2.13. The molecule has 0 bridgehead atoms. The Balaban J connectivity index is 1.99. The summed E-state index contributed by atoms with van der Waals surface area (Å²) >= 11 is 2.78. The maximum absolute atomic E-state index is 13.1. The van der Waals surface area contributed by atoms with E-state index >= 15 is 0 Å². The predicted octanol–water partition coefficient (Wildman–Crippen LogP) is 4.29. The monoisotopic (exact) mass is 415 g/mol. The summed E-state index contributed by atoms with van der Waals surface area (Å²) in [6, 6.07) is 6.23. The molecule has 148 valence electrons. The number of aromatic nitrogens is 2. The van der Waals surface area contributed by atoms with Gasteiger partial charge in [0, 0.05) is 24.5 Å². The number of benzene rings is 1. The number of aryl methyl sites for hydroxylation is 2. The topological polar surface area (TPSA) is 64.0 Å². The molecular formula is C21H25N3O2S2. The van der Waals surface area contributed by atoms with Gasteiger partial charge in [-0.15, -0.1) is 11.3 Å². The molecule has 0 aliphatic heterocycles. The first-order valence-corrected chi connectivity index (χ1v) is 11.1. The Labute approximate surface area is 173 Å². The lowest BCUT2D eigenvalue weighted by molar-refractivity contribution is -0.120. The van der Waals surface area contributed by atoms with Gasteiger partial charge in [0.2, 0.25) is 5.91 Å². The quantitative estimate of drug-likeness (QED) is 0.482. The molecule has 2 aromatic heterocycles. The van der Waals surface area contributed by atoms with Gasteiger partial charge in [0.05, 0.1) is 10.6 Å². The van der Waals surface area contributed by atoms with Gasteiger partial charge >= 0.3 is 0 Å². The molecule has 28 heavy (non-hydrogen) atoms. The Hall–Kier alpha value is -2.12. The highest BCUT2D eigenvalue weighted by Crippen LogP contribution is 2.33. The number of amides is 1. The maximum atomic E-state index is 13.1. The minimum Gasteiger partial charge on any atom is -0.355 e. The second-order valence-corrected chi connectivity index (χ2v) is 9.10. The van der Waals surface area contributed by atoms with Crippen LogP contribution in [0.1, 0.15) is 31.4 Å². The molecule has 0 aliphatic carbocycles. The molecule has 0 saturated carbocycles. The van der Waals surface area contributed by atoms with Crippen molar-refractivity contribution in [2.24, 2.45) is 7.05 Å². The Bertz CT molecular complexity index is 1090. The second kappa shape index (κ2) is 8.49. The largest absolute Gasteiger partial charge is 0.355 e. The van der Waals surface area contributed by atoms with Crippen LogP contribution >= 0.6 is 23.1 Å². The molecule has 0 aliphatic rings. The van der Waals surface area contributed by atoms with Crippen LogP contribution in [-0.2, 0) is 11.8 Å². The van der Waals surface area contributed by atoms with E-state index in [1.807, 2.05) is 25.3 Å². The summed E-state index contributed by atoms with van der Waals surface area (Å²) in [6.45, 7) is 8.65. The average molecular weight is 416 g/mol. The number of nitrogens with zero attached hydrogens (tertiary/aromatic N) is 2. The van der Waals surface area contributed by atoms with Crippen molar-refractivity contribution in [3.8, 4) is 11.1 Å². The number of hydrogen-bond acceptors (Lipinski definition) is 5. The first-order chi connectivity index (χ1) is 13.3. The summed E-state index contributed by atoms with van der Waals surface area (Å²) < 4.78 is 1.55. The second-order valence-electron chi connectivity index (χ2n) is 6.94. The van der Waals surface area contributed by atoms with E-state index in [4.69, 9.17) is 0 Å². The molecule has 3 rings (SSSR count). The highest BCUT2D eigenvalue weighted by atomic mass is 32.2. The molecule has 7 heteroatoms. The number of hydrogen-bond donors (Lipinski definition) is 1. The first-order valence-electron chi connectivity index (χ1n) is 9.33. The van der Waals surface area contributed by atoms with Crippen LogP contribution in [0.15, 0.2) is 33.5 Å². The summed E-state index contributed by atoms with van der Waals surface area (Å²) in [5.41, 5.74) is 4.29. The van der Waals surface area contributed by atoms with E-state index in [0.29, 0.717) is 21.9 Å². The van der Waals surface area contributed by atoms with Gasteiger partial charge in [-0.3, -0.25) is 14.2 Å². The SMILES string of the molecule is CCCNC(=O)[C@H](C)Sc1nc2scc(-c3ccc(C)c(C)c3)c2c(=O)n1C. The van der Waals surface area contributed by atoms with E-state index in [0.717, 1.165) is 17.5 Å². The van der Waals surface area contributed by atoms with Crippen LogP contribution in [0, 0.1) is 13.8 Å². The number of rotatable bonds is 6. The smallest absolute Gasteiger partial charge is 0.263 e. The molecule has 2 heterocycles. The highest BCUT2D eigenvalue weighted by Gasteiger charge is 2.20. The van der Waals surface area contributed by atoms with Crippen molar-refractivity contribution in [3.05, 3.63) is 45.1 Å². The van der Waals surface area contributed by atoms with Gasteiger partial charge in [-0.2, -0.15) is 0 Å². The van der Waals surface area contributed by atoms with Gasteiger partial charge in [-0.25, -0.2) is 4.98 Å². The van der Waals surface area contributed by atoms with E-state index in [1.54, 1.807) is 11.6 Å². The van der Waals surface area contributed by atoms with Gasteiger partial charge in [0.15, 0.2) is 5.16 Å². The molecule has 3 aromatic rings. The molecule has 0 unspecified atom stereocenters. The third-order valence-electron chi connectivity index (χ3n) is 4.79. The molecular weight excluding hydrogens is 390 g/mol. The van der Waals surface area contributed by atoms with Crippen molar-refractivity contribution in [2.45, 2.75) is 44.5 Å². The zero-order valence-corrected chi connectivity index (χ0v) is 18.5. The number of nitrogens with one attached hydrogen (secondary N) is 1. The van der Waals surface area contributed by atoms with E-state index in [1.165, 1.54) is 34.2 Å². The van der Waals surface area contributed by atoms with Gasteiger partial charge in [-0.1, -0.05) is 36.9 Å². The lowest BCUT2D eigenvalue weighted by atomic mass is 10.0. The molecule has 1 amide bonds. The van der Waals surface area contributed by atoms with Gasteiger partial charge < -0.3 is 5.32 Å². The molecule has 1 atom stereocenters. The van der Waals surface area contributed by atoms with Crippen LogP contribution in [0.25, 0.3) is 21.3 Å². The van der Waals surface area contributed by atoms with Crippen molar-refractivity contribution in [3.63, 3.8) is 0 Å². The van der Waals surface area contributed by atoms with Crippen molar-refractivity contribution in [2.75, 3.05) is 6.54 Å². The summed E-state index contributed by atoms with van der Waals surface area (Å²) in [6.07, 6.45) is 0.891. The highest BCUT2D eigenvalue weighted by molar-refractivity contribution is 8.00. The number of thioether (sulfide) groups is 1. The zero-order chi connectivity index (χ0) is 20.4. The van der Waals surface area contributed by atoms with Crippen LogP contribution < -0.4 is 10.9 Å². The van der Waals surface area contributed by atoms with E-state index in [9.17, 15) is 9.59 Å². The third-order valence-corrected chi connectivity index (χ3v) is 6.81. The summed E-state index contributed by atoms with van der Waals surface area (Å²) in [5, 5.41) is 5.77. The minimum atomic E-state index is -0.318. The van der Waals surface area contributed by atoms with Crippen molar-refractivity contribution in [1.29, 1.82) is 0 Å². The number of carbonyl (C=O) groups is 1. The Kier molecular flexibility index (Phi) is 6.25. The van der Waals surface area contributed by atoms with Gasteiger partial charge in [0.25, 0.3) is 5.56 Å². The predicted molar refractivity (Wildman–Crippen MR) is 118 cm³/mol. The minimum absolute atomic E-state index is 0.0387. The van der Waals surface area contributed by atoms with Crippen LogP contribution in [0.2, 0.25) is 0 Å². The summed E-state index contributed by atoms with van der Waals surface area (Å²) in [5.74, 6) is -0.0387. The fraction of sp³-hybridized carbons (Fsp3) is 0.381. The Morgan fingerprint density at radius 2 is 2.07 bits per heavy atom. The Morgan fingerprint density at radius 3 is 2.75 bits per heavy atom. The molecule has 0 fully saturated rings. The average Bonchev–Trinajstić information content (AvgIpc) is 3.09. The lowest BCUT2D eigenvalue weighted by Crippen LogP contribution is -2.32. The Morgan fingerprint density at radius 1 is 1.32 bits per heavy atom. The molecule has 5 nitrogen and oxygen atoms in total. The van der Waals surface area contributed by atoms with Crippen LogP contribution in [-0.4, -0.2) is 27.3 Å². The van der Waals surface area contributed by atoms with Crippen molar-refractivity contribution < 1.29 is 4.79 Å². The van der Waals surface area contributed by atoms with Gasteiger partial charge in [-0.05, 0) is 43.9 Å². The van der Waals surface area contributed by atoms with Crippen molar-refractivity contribution >= 4 is 39.2 Å². The maximum Gasteiger partial charge on any atom is 0.263 e. The van der Waals surface area contributed by atoms with E-state index in [-0.39, 0.29) is 16.7 Å². The number of carbonyl (C=O) groups excluding carboxylic acids is 1. The van der Waals surface area contributed by atoms with Crippen molar-refractivity contribution in [1.82, 2.24) is 14.9 Å². The summed E-state index contributed by atoms with van der Waals surface area (Å²) in [7, 11) is 1.72. The standard InChI is InChI=1S/C21H25N3O2S2/c1-6-9-22-18(25)14(4)28-21-23-19-17(20(26)24(21)5)16(11-27-19)15-8-7-12(2)13(3)10-15/h7-8,10-11,14H,6,9H2,1-5H3,(H,22,25)/t14-/m0/s1. The normalized spacial score (nSPS) is 12.3. The molecule has 0 spiro atoms. The fourth-order valence-electron chi connectivity index (χ4n) is 2.88. The van der Waals surface area contributed by atoms with Crippen LogP contribution in [0.3, 0.4) is 0 Å². The first kappa shape index (κ1) is 20.6. The number of fused-ring (bicyclic) bond motifs is 1. The van der Waals surface area contributed by atoms with E-state index < -0.39 is 0 Å². The third kappa shape index (κ3) is 4.00. The van der Waals surface area contributed by atoms with Gasteiger partial charge in [0.1, 0.15) is 4.83 Å². The van der Waals surface area contributed by atoms with E-state index in [2.05, 4.69) is 36.3 Å². The fourth-order valence-corrected chi connectivity index (χ4v) is 4.77. The zero-order valence-electron chi connectivity index (χ0n) is 16.8. The molecule has 1 N–H and O–H groups in total. The molecule has 0 radical (unpaired) electrons. The molecule has 0 saturated heterocycles. The van der Waals surface area contributed by atoms with Crippen LogP contribution in [0.5, 0.6) is 0 Å². The summed E-state index contributed by atoms with van der Waals surface area (Å²) in [4.78, 5) is 30.7. The number of thiophene rings is 1. The molecule has 1 aromatic carbocycles.